The first-order valence-electron chi connectivity index (χ1n) is 28.0. The highest BCUT2D eigenvalue weighted by Gasteiger charge is 2.17. The number of rotatable bonds is 49. The highest BCUT2D eigenvalue weighted by molar-refractivity contribution is 5.70. The van der Waals surface area contributed by atoms with Crippen molar-refractivity contribution in [2.45, 2.75) is 219 Å². The zero-order valence-electron chi connectivity index (χ0n) is 45.0. The molecule has 0 amide bonds. The molecule has 0 aliphatic heterocycles. The molecular formula is C65H102O5. The molecule has 0 saturated heterocycles. The average molecular weight is 964 g/mol. The smallest absolute Gasteiger partial charge is 0.306 e. The lowest BCUT2D eigenvalue weighted by atomic mass is 10.1. The number of hydrogen-bond acceptors (Lipinski definition) is 5. The van der Waals surface area contributed by atoms with Crippen molar-refractivity contribution >= 4 is 11.9 Å². The minimum atomic E-state index is -0.603. The fourth-order valence-corrected chi connectivity index (χ4v) is 6.94. The summed E-state index contributed by atoms with van der Waals surface area (Å²) in [5.74, 6) is -0.549. The van der Waals surface area contributed by atoms with Gasteiger partial charge in [0.25, 0.3) is 0 Å². The second-order valence-electron chi connectivity index (χ2n) is 17.7. The Morgan fingerprint density at radius 3 is 1.09 bits per heavy atom. The summed E-state index contributed by atoms with van der Waals surface area (Å²) in [5, 5.41) is 0. The van der Waals surface area contributed by atoms with Crippen LogP contribution < -0.4 is 0 Å². The van der Waals surface area contributed by atoms with Crippen LogP contribution in [-0.4, -0.2) is 37.9 Å². The topological polar surface area (TPSA) is 61.8 Å². The van der Waals surface area contributed by atoms with Crippen molar-refractivity contribution in [1.82, 2.24) is 0 Å². The molecule has 0 aromatic heterocycles. The molecule has 0 fully saturated rings. The maximum Gasteiger partial charge on any atom is 0.306 e. The van der Waals surface area contributed by atoms with E-state index in [0.717, 1.165) is 122 Å². The second kappa shape index (κ2) is 58.8. The predicted octanol–water partition coefficient (Wildman–Crippen LogP) is 19.5. The van der Waals surface area contributed by atoms with Gasteiger partial charge in [-0.15, -0.1) is 0 Å². The molecule has 0 saturated carbocycles. The van der Waals surface area contributed by atoms with Crippen LogP contribution in [0.2, 0.25) is 0 Å². The SMILES string of the molecule is CC/C=C\C/C=C\C/C=C\C/C=C\C/C=C\C/C=C\CCC(=O)OCC(COCCCCCCCC/C=C\C/C=C\CCCCC)OC(=O)CCCCC/C=C\C/C=C\C/C=C\C/C=C\C/C=C\CC. The second-order valence-corrected chi connectivity index (χ2v) is 17.7. The first-order chi connectivity index (χ1) is 34.6. The lowest BCUT2D eigenvalue weighted by Crippen LogP contribution is -2.30. The summed E-state index contributed by atoms with van der Waals surface area (Å²) in [6, 6.07) is 0. The Bertz CT molecular complexity index is 1560. The third kappa shape index (κ3) is 56.1. The van der Waals surface area contributed by atoms with Crippen LogP contribution in [0.1, 0.15) is 213 Å². The minimum absolute atomic E-state index is 0.0160. The molecule has 0 rings (SSSR count). The summed E-state index contributed by atoms with van der Waals surface area (Å²) < 4.78 is 17.3. The number of carbonyl (C=O) groups is 2. The Balaban J connectivity index is 4.52. The van der Waals surface area contributed by atoms with Gasteiger partial charge in [-0.05, 0) is 135 Å². The van der Waals surface area contributed by atoms with Crippen LogP contribution in [0, 0.1) is 0 Å². The van der Waals surface area contributed by atoms with E-state index in [1.807, 2.05) is 6.08 Å². The van der Waals surface area contributed by atoms with E-state index < -0.39 is 6.10 Å². The van der Waals surface area contributed by atoms with E-state index in [1.165, 1.54) is 51.4 Å². The van der Waals surface area contributed by atoms with Crippen LogP contribution in [0.3, 0.4) is 0 Å². The normalized spacial score (nSPS) is 13.5. The fraction of sp³-hybridized carbons (Fsp3) is 0.569. The van der Waals surface area contributed by atoms with Crippen molar-refractivity contribution < 1.29 is 23.8 Å². The van der Waals surface area contributed by atoms with Gasteiger partial charge in [0.05, 0.1) is 6.61 Å². The van der Waals surface area contributed by atoms with Gasteiger partial charge in [0.1, 0.15) is 6.61 Å². The number of esters is 2. The fourth-order valence-electron chi connectivity index (χ4n) is 6.94. The number of unbranched alkanes of at least 4 members (excludes halogenated alkanes) is 12. The van der Waals surface area contributed by atoms with E-state index in [1.54, 1.807) is 0 Å². The van der Waals surface area contributed by atoms with E-state index >= 15 is 0 Å². The third-order valence-electron chi connectivity index (χ3n) is 11.0. The Kier molecular flexibility index (Phi) is 55.1. The molecular weight excluding hydrogens is 861 g/mol. The number of ether oxygens (including phenoxy) is 3. The highest BCUT2D eigenvalue weighted by atomic mass is 16.6. The summed E-state index contributed by atoms with van der Waals surface area (Å²) in [5.41, 5.74) is 0. The van der Waals surface area contributed by atoms with Crippen molar-refractivity contribution in [2.75, 3.05) is 19.8 Å². The molecule has 392 valence electrons. The van der Waals surface area contributed by atoms with Crippen LogP contribution in [0.4, 0.5) is 0 Å². The molecule has 5 heteroatoms. The van der Waals surface area contributed by atoms with E-state index in [9.17, 15) is 9.59 Å². The molecule has 0 aliphatic carbocycles. The van der Waals surface area contributed by atoms with Crippen LogP contribution >= 0.6 is 0 Å². The molecule has 0 radical (unpaired) electrons. The molecule has 70 heavy (non-hydrogen) atoms. The van der Waals surface area contributed by atoms with Gasteiger partial charge in [0.15, 0.2) is 6.10 Å². The highest BCUT2D eigenvalue weighted by Crippen LogP contribution is 2.11. The van der Waals surface area contributed by atoms with Crippen LogP contribution in [0.5, 0.6) is 0 Å². The maximum atomic E-state index is 12.9. The lowest BCUT2D eigenvalue weighted by Gasteiger charge is -2.18. The van der Waals surface area contributed by atoms with E-state index in [4.69, 9.17) is 14.2 Å². The molecule has 0 aromatic rings. The number of carbonyl (C=O) groups excluding carboxylic acids is 2. The summed E-state index contributed by atoms with van der Waals surface area (Å²) in [4.78, 5) is 25.5. The van der Waals surface area contributed by atoms with Gasteiger partial charge >= 0.3 is 11.9 Å². The van der Waals surface area contributed by atoms with Gasteiger partial charge in [-0.3, -0.25) is 9.59 Å². The van der Waals surface area contributed by atoms with E-state index in [-0.39, 0.29) is 31.6 Å². The zero-order chi connectivity index (χ0) is 50.6. The van der Waals surface area contributed by atoms with Gasteiger partial charge in [0.2, 0.25) is 0 Å². The van der Waals surface area contributed by atoms with Gasteiger partial charge in [-0.2, -0.15) is 0 Å². The lowest BCUT2D eigenvalue weighted by molar-refractivity contribution is -0.162. The number of hydrogen-bond donors (Lipinski definition) is 0. The quantitative estimate of drug-likeness (QED) is 0.0345. The van der Waals surface area contributed by atoms with Gasteiger partial charge in [-0.25, -0.2) is 0 Å². The molecule has 1 atom stereocenters. The van der Waals surface area contributed by atoms with E-state index in [2.05, 4.69) is 173 Å². The first kappa shape index (κ1) is 65.5. The van der Waals surface area contributed by atoms with Crippen LogP contribution in [-0.2, 0) is 23.8 Å². The van der Waals surface area contributed by atoms with Crippen molar-refractivity contribution in [1.29, 1.82) is 0 Å². The van der Waals surface area contributed by atoms with Crippen molar-refractivity contribution in [3.8, 4) is 0 Å². The summed E-state index contributed by atoms with van der Waals surface area (Å²) in [6.07, 6.45) is 87.0. The summed E-state index contributed by atoms with van der Waals surface area (Å²) >= 11 is 0. The van der Waals surface area contributed by atoms with Crippen molar-refractivity contribution in [2.24, 2.45) is 0 Å². The third-order valence-corrected chi connectivity index (χ3v) is 11.0. The van der Waals surface area contributed by atoms with Gasteiger partial charge in [0, 0.05) is 19.4 Å². The molecule has 0 bridgehead atoms. The standard InChI is InChI=1S/C65H102O5/c1-4-7-10-13-16-19-22-25-28-31-33-35-37-40-43-46-49-52-55-58-64(66)69-62-63(61-68-60-57-54-51-48-45-42-39-30-27-24-21-18-15-12-9-6-3)70-65(67)59-56-53-50-47-44-41-38-36-34-32-29-26-23-20-17-14-11-8-5-2/h7-8,10-11,16-21,25-30,33-36,40-41,43-44,49,52,63H,4-6,9,12-15,22-24,31-32,37-39,42,45-48,50-51,53-62H2,1-3H3/b10-7-,11-8-,19-16-,20-17-,21-18-,28-25-,29-26-,30-27-,35-33-,36-34-,43-40-,44-41-,52-49-. The Morgan fingerprint density at radius 1 is 0.329 bits per heavy atom. The average Bonchev–Trinajstić information content (AvgIpc) is 3.36. The predicted molar refractivity (Wildman–Crippen MR) is 306 cm³/mol. The largest absolute Gasteiger partial charge is 0.462 e. The molecule has 5 nitrogen and oxygen atoms in total. The zero-order valence-corrected chi connectivity index (χ0v) is 45.0. The molecule has 0 N–H and O–H groups in total. The summed E-state index contributed by atoms with van der Waals surface area (Å²) in [6.45, 7) is 7.41. The van der Waals surface area contributed by atoms with Crippen molar-refractivity contribution in [3.05, 3.63) is 158 Å². The first-order valence-corrected chi connectivity index (χ1v) is 28.0. The number of allylic oxidation sites excluding steroid dienone is 26. The van der Waals surface area contributed by atoms with E-state index in [0.29, 0.717) is 19.4 Å². The van der Waals surface area contributed by atoms with Crippen molar-refractivity contribution in [3.63, 3.8) is 0 Å². The molecule has 0 aliphatic rings. The van der Waals surface area contributed by atoms with Gasteiger partial charge < -0.3 is 14.2 Å². The monoisotopic (exact) mass is 963 g/mol. The Labute approximate surface area is 431 Å². The maximum absolute atomic E-state index is 12.9. The molecule has 0 spiro atoms. The Morgan fingerprint density at radius 2 is 0.671 bits per heavy atom. The molecule has 0 heterocycles. The minimum Gasteiger partial charge on any atom is -0.462 e. The van der Waals surface area contributed by atoms with Gasteiger partial charge in [-0.1, -0.05) is 224 Å². The molecule has 1 unspecified atom stereocenters. The Hall–Kier alpha value is -4.48. The molecule has 0 aromatic carbocycles. The summed E-state index contributed by atoms with van der Waals surface area (Å²) in [7, 11) is 0. The van der Waals surface area contributed by atoms with Crippen LogP contribution in [0.15, 0.2) is 158 Å². The van der Waals surface area contributed by atoms with Crippen LogP contribution in [0.25, 0.3) is 0 Å².